The number of nitrogens with zero attached hydrogens (tertiary/aromatic N) is 4. The second-order valence-corrected chi connectivity index (χ2v) is 5.77. The molecule has 0 aliphatic heterocycles. The molecule has 1 amide bonds. The first-order chi connectivity index (χ1) is 10.2. The van der Waals surface area contributed by atoms with Gasteiger partial charge in [0.05, 0.1) is 5.69 Å². The second-order valence-electron chi connectivity index (χ2n) is 4.71. The van der Waals surface area contributed by atoms with Crippen LogP contribution in [-0.4, -0.2) is 31.9 Å². The third-order valence-corrected chi connectivity index (χ3v) is 3.94. The molecule has 0 bridgehead atoms. The van der Waals surface area contributed by atoms with Gasteiger partial charge in [-0.15, -0.1) is 5.10 Å². The molecule has 2 aromatic rings. The number of nitrogens with two attached hydrogens (primary N) is 1. The Kier molecular flexibility index (Phi) is 5.74. The molecule has 1 heterocycles. The highest BCUT2D eigenvalue weighted by atomic mass is 32.2. The summed E-state index contributed by atoms with van der Waals surface area (Å²) in [6.45, 7) is 2.19. The minimum absolute atomic E-state index is 0.313. The standard InChI is InChI=1S/C14H19N5OS/c1-2-3-4-11-5-7-12(8-6-11)19-14(16-17-18-19)21-10-9-13(15)20/h5-8H,2-4,9-10H2,1H3,(H2,15,20). The molecular formula is C14H19N5OS. The highest BCUT2D eigenvalue weighted by molar-refractivity contribution is 7.99. The van der Waals surface area contributed by atoms with Crippen molar-refractivity contribution in [2.45, 2.75) is 37.8 Å². The molecule has 0 saturated carbocycles. The Bertz CT molecular complexity index is 581. The van der Waals surface area contributed by atoms with Gasteiger partial charge in [0.1, 0.15) is 0 Å². The van der Waals surface area contributed by atoms with Crippen molar-refractivity contribution in [1.29, 1.82) is 0 Å². The molecule has 0 saturated heterocycles. The van der Waals surface area contributed by atoms with E-state index < -0.39 is 0 Å². The first-order valence-corrected chi connectivity index (χ1v) is 7.98. The number of carbonyl (C=O) groups is 1. The second kappa shape index (κ2) is 7.78. The molecular weight excluding hydrogens is 286 g/mol. The van der Waals surface area contributed by atoms with Gasteiger partial charge in [-0.3, -0.25) is 4.79 Å². The number of tetrazole rings is 1. The Hall–Kier alpha value is -1.89. The van der Waals surface area contributed by atoms with Crippen LogP contribution in [0.15, 0.2) is 29.4 Å². The Morgan fingerprint density at radius 3 is 2.76 bits per heavy atom. The number of hydrogen-bond acceptors (Lipinski definition) is 5. The quantitative estimate of drug-likeness (QED) is 0.753. The summed E-state index contributed by atoms with van der Waals surface area (Å²) in [5.41, 5.74) is 7.36. The van der Waals surface area contributed by atoms with Crippen molar-refractivity contribution in [2.75, 3.05) is 5.75 Å². The zero-order valence-corrected chi connectivity index (χ0v) is 12.8. The lowest BCUT2D eigenvalue weighted by molar-refractivity contribution is -0.117. The predicted octanol–water partition coefficient (Wildman–Crippen LogP) is 1.97. The highest BCUT2D eigenvalue weighted by Crippen LogP contribution is 2.19. The summed E-state index contributed by atoms with van der Waals surface area (Å²) >= 11 is 1.42. The van der Waals surface area contributed by atoms with Crippen LogP contribution >= 0.6 is 11.8 Å². The van der Waals surface area contributed by atoms with E-state index in [0.29, 0.717) is 17.3 Å². The number of primary amides is 1. The Morgan fingerprint density at radius 2 is 2.10 bits per heavy atom. The number of aromatic nitrogens is 4. The molecule has 0 unspecified atom stereocenters. The van der Waals surface area contributed by atoms with E-state index in [0.717, 1.165) is 12.1 Å². The molecule has 6 nitrogen and oxygen atoms in total. The van der Waals surface area contributed by atoms with E-state index in [1.165, 1.54) is 30.2 Å². The van der Waals surface area contributed by atoms with Crippen molar-refractivity contribution in [3.05, 3.63) is 29.8 Å². The van der Waals surface area contributed by atoms with Crippen molar-refractivity contribution < 1.29 is 4.79 Å². The maximum absolute atomic E-state index is 10.8. The van der Waals surface area contributed by atoms with E-state index >= 15 is 0 Å². The zero-order chi connectivity index (χ0) is 15.1. The highest BCUT2D eigenvalue weighted by Gasteiger charge is 2.09. The summed E-state index contributed by atoms with van der Waals surface area (Å²) in [6, 6.07) is 8.23. The monoisotopic (exact) mass is 305 g/mol. The van der Waals surface area contributed by atoms with Gasteiger partial charge < -0.3 is 5.73 Å². The fourth-order valence-electron chi connectivity index (χ4n) is 1.86. The molecule has 1 aromatic carbocycles. The number of thioether (sulfide) groups is 1. The van der Waals surface area contributed by atoms with Gasteiger partial charge in [0.25, 0.3) is 0 Å². The zero-order valence-electron chi connectivity index (χ0n) is 12.0. The van der Waals surface area contributed by atoms with Crippen LogP contribution in [0.4, 0.5) is 0 Å². The van der Waals surface area contributed by atoms with E-state index in [1.807, 2.05) is 12.1 Å². The van der Waals surface area contributed by atoms with Crippen molar-refractivity contribution >= 4 is 17.7 Å². The third kappa shape index (κ3) is 4.56. The van der Waals surface area contributed by atoms with Crippen LogP contribution in [0.3, 0.4) is 0 Å². The average molecular weight is 305 g/mol. The van der Waals surface area contributed by atoms with Crippen LogP contribution in [0.25, 0.3) is 5.69 Å². The van der Waals surface area contributed by atoms with Crippen molar-refractivity contribution in [3.8, 4) is 5.69 Å². The summed E-state index contributed by atoms with van der Waals surface area (Å²) in [7, 11) is 0. The van der Waals surface area contributed by atoms with Crippen LogP contribution in [0, 0.1) is 0 Å². The molecule has 0 radical (unpaired) electrons. The van der Waals surface area contributed by atoms with Gasteiger partial charge in [-0.05, 0) is 41.0 Å². The maximum atomic E-state index is 10.8. The van der Waals surface area contributed by atoms with E-state index in [-0.39, 0.29) is 5.91 Å². The van der Waals surface area contributed by atoms with Crippen LogP contribution in [0.2, 0.25) is 0 Å². The van der Waals surface area contributed by atoms with Gasteiger partial charge in [-0.1, -0.05) is 37.2 Å². The van der Waals surface area contributed by atoms with Gasteiger partial charge >= 0.3 is 0 Å². The topological polar surface area (TPSA) is 86.7 Å². The van der Waals surface area contributed by atoms with Gasteiger partial charge in [0, 0.05) is 12.2 Å². The lowest BCUT2D eigenvalue weighted by Crippen LogP contribution is -2.11. The van der Waals surface area contributed by atoms with Crippen LogP contribution in [0.5, 0.6) is 0 Å². The number of benzene rings is 1. The fraction of sp³-hybridized carbons (Fsp3) is 0.429. The van der Waals surface area contributed by atoms with E-state index in [2.05, 4.69) is 34.6 Å². The molecule has 0 aliphatic carbocycles. The normalized spacial score (nSPS) is 10.7. The summed E-state index contributed by atoms with van der Waals surface area (Å²) in [4.78, 5) is 10.8. The minimum atomic E-state index is -0.318. The average Bonchev–Trinajstić information content (AvgIpc) is 2.94. The molecule has 112 valence electrons. The first kappa shape index (κ1) is 15.5. The largest absolute Gasteiger partial charge is 0.370 e. The Morgan fingerprint density at radius 1 is 1.33 bits per heavy atom. The Balaban J connectivity index is 2.04. The third-order valence-electron chi connectivity index (χ3n) is 3.02. The van der Waals surface area contributed by atoms with E-state index in [1.54, 1.807) is 4.68 Å². The molecule has 0 fully saturated rings. The van der Waals surface area contributed by atoms with Crippen LogP contribution < -0.4 is 5.73 Å². The minimum Gasteiger partial charge on any atom is -0.370 e. The molecule has 0 aliphatic rings. The van der Waals surface area contributed by atoms with Gasteiger partial charge in [0.2, 0.25) is 11.1 Å². The smallest absolute Gasteiger partial charge is 0.218 e. The molecule has 2 rings (SSSR count). The number of unbranched alkanes of at least 4 members (excludes halogenated alkanes) is 1. The van der Waals surface area contributed by atoms with E-state index in [4.69, 9.17) is 5.73 Å². The van der Waals surface area contributed by atoms with Crippen molar-refractivity contribution in [1.82, 2.24) is 20.2 Å². The van der Waals surface area contributed by atoms with Crippen molar-refractivity contribution in [2.24, 2.45) is 5.73 Å². The van der Waals surface area contributed by atoms with E-state index in [9.17, 15) is 4.79 Å². The number of aryl methyl sites for hydroxylation is 1. The van der Waals surface area contributed by atoms with Gasteiger partial charge in [-0.2, -0.15) is 4.68 Å². The Labute approximate surface area is 128 Å². The summed E-state index contributed by atoms with van der Waals surface area (Å²) in [5, 5.41) is 12.3. The molecule has 21 heavy (non-hydrogen) atoms. The molecule has 1 aromatic heterocycles. The molecule has 0 spiro atoms. The molecule has 7 heteroatoms. The van der Waals surface area contributed by atoms with Crippen molar-refractivity contribution in [3.63, 3.8) is 0 Å². The summed E-state index contributed by atoms with van der Waals surface area (Å²) in [5.74, 6) is 0.256. The van der Waals surface area contributed by atoms with Crippen LogP contribution in [-0.2, 0) is 11.2 Å². The number of hydrogen-bond donors (Lipinski definition) is 1. The molecule has 2 N–H and O–H groups in total. The summed E-state index contributed by atoms with van der Waals surface area (Å²) in [6.07, 6.45) is 3.79. The number of amides is 1. The first-order valence-electron chi connectivity index (χ1n) is 6.99. The van der Waals surface area contributed by atoms with Gasteiger partial charge in [-0.25, -0.2) is 0 Å². The maximum Gasteiger partial charge on any atom is 0.218 e. The van der Waals surface area contributed by atoms with Gasteiger partial charge in [0.15, 0.2) is 0 Å². The number of rotatable bonds is 8. The predicted molar refractivity (Wildman–Crippen MR) is 82.3 cm³/mol. The SMILES string of the molecule is CCCCc1ccc(-n2nnnc2SCCC(N)=O)cc1. The lowest BCUT2D eigenvalue weighted by Gasteiger charge is -2.05. The number of carbonyl (C=O) groups excluding carboxylic acids is 1. The molecule has 0 atom stereocenters. The fourth-order valence-corrected chi connectivity index (χ4v) is 2.70. The lowest BCUT2D eigenvalue weighted by atomic mass is 10.1. The van der Waals surface area contributed by atoms with Crippen LogP contribution in [0.1, 0.15) is 31.7 Å². The summed E-state index contributed by atoms with van der Waals surface area (Å²) < 4.78 is 1.68.